The monoisotopic (exact) mass is 280 g/mol. The predicted octanol–water partition coefficient (Wildman–Crippen LogP) is 3.29. The molecule has 108 valence electrons. The zero-order valence-corrected chi connectivity index (χ0v) is 14.0. The van der Waals surface area contributed by atoms with Gasteiger partial charge in [0.25, 0.3) is 0 Å². The second-order valence-corrected chi connectivity index (χ2v) is 6.44. The predicted molar refractivity (Wildman–Crippen MR) is 88.1 cm³/mol. The van der Waals surface area contributed by atoms with Crippen LogP contribution < -0.4 is 5.73 Å². The van der Waals surface area contributed by atoms with E-state index in [9.17, 15) is 0 Å². The van der Waals surface area contributed by atoms with E-state index in [-0.39, 0.29) is 0 Å². The van der Waals surface area contributed by atoms with Crippen molar-refractivity contribution in [1.82, 2.24) is 4.90 Å². The fourth-order valence-corrected chi connectivity index (χ4v) is 3.59. The summed E-state index contributed by atoms with van der Waals surface area (Å²) in [5, 5.41) is 0. The summed E-state index contributed by atoms with van der Waals surface area (Å²) in [6.45, 7) is 9.50. The Morgan fingerprint density at radius 3 is 2.16 bits per heavy atom. The molecule has 0 fully saturated rings. The van der Waals surface area contributed by atoms with Crippen LogP contribution in [0.25, 0.3) is 0 Å². The van der Waals surface area contributed by atoms with Gasteiger partial charge in [0.1, 0.15) is 0 Å². The van der Waals surface area contributed by atoms with Gasteiger partial charge >= 0.3 is 0 Å². The number of nitrogens with zero attached hydrogens (tertiary/aromatic N) is 1. The number of likely N-dealkylation sites (N-methyl/N-ethyl adjacent to an activating group) is 1. The Bertz CT molecular complexity index is 394. The highest BCUT2D eigenvalue weighted by molar-refractivity contribution is 7.98. The third kappa shape index (κ3) is 3.98. The van der Waals surface area contributed by atoms with Crippen LogP contribution in [0.5, 0.6) is 0 Å². The average Bonchev–Trinajstić information content (AvgIpc) is 2.33. The Labute approximate surface area is 122 Å². The Kier molecular flexibility index (Phi) is 6.37. The van der Waals surface area contributed by atoms with Crippen molar-refractivity contribution in [1.29, 1.82) is 0 Å². The molecule has 1 aromatic carbocycles. The second-order valence-electron chi connectivity index (χ2n) is 5.53. The molecule has 1 aromatic rings. The SMILES string of the molecule is CSCC(C)N(C)C(CN)c1c(C)cc(C)cc1C. The van der Waals surface area contributed by atoms with E-state index in [1.54, 1.807) is 0 Å². The lowest BCUT2D eigenvalue weighted by Gasteiger charge is -2.34. The third-order valence-corrected chi connectivity index (χ3v) is 4.70. The molecule has 0 saturated heterocycles. The summed E-state index contributed by atoms with van der Waals surface area (Å²) in [5.41, 5.74) is 11.5. The minimum atomic E-state index is 0.308. The molecule has 0 aliphatic rings. The summed E-state index contributed by atoms with van der Waals surface area (Å²) in [5.74, 6) is 1.14. The van der Waals surface area contributed by atoms with E-state index in [1.165, 1.54) is 22.3 Å². The molecule has 2 nitrogen and oxygen atoms in total. The van der Waals surface area contributed by atoms with Crippen LogP contribution in [0.1, 0.15) is 35.2 Å². The number of nitrogens with two attached hydrogens (primary N) is 1. The van der Waals surface area contributed by atoms with Gasteiger partial charge in [-0.15, -0.1) is 0 Å². The number of hydrogen-bond donors (Lipinski definition) is 1. The molecule has 2 N–H and O–H groups in total. The summed E-state index contributed by atoms with van der Waals surface area (Å²) in [6, 6.07) is 5.36. The third-order valence-electron chi connectivity index (χ3n) is 3.89. The lowest BCUT2D eigenvalue weighted by molar-refractivity contribution is 0.203. The van der Waals surface area contributed by atoms with Gasteiger partial charge in [0.15, 0.2) is 0 Å². The lowest BCUT2D eigenvalue weighted by atomic mass is 9.93. The Balaban J connectivity index is 3.10. The zero-order chi connectivity index (χ0) is 14.6. The highest BCUT2D eigenvalue weighted by atomic mass is 32.2. The number of rotatable bonds is 6. The molecule has 19 heavy (non-hydrogen) atoms. The highest BCUT2D eigenvalue weighted by Crippen LogP contribution is 2.28. The first-order chi connectivity index (χ1) is 8.92. The Hall–Kier alpha value is -0.510. The summed E-state index contributed by atoms with van der Waals surface area (Å²) < 4.78 is 0. The van der Waals surface area contributed by atoms with Gasteiger partial charge in [0.05, 0.1) is 0 Å². The van der Waals surface area contributed by atoms with Crippen LogP contribution >= 0.6 is 11.8 Å². The number of aryl methyl sites for hydroxylation is 3. The number of benzene rings is 1. The maximum absolute atomic E-state index is 6.07. The quantitative estimate of drug-likeness (QED) is 0.867. The van der Waals surface area contributed by atoms with Crippen molar-refractivity contribution in [3.05, 3.63) is 34.4 Å². The van der Waals surface area contributed by atoms with Crippen molar-refractivity contribution in [2.45, 2.75) is 39.8 Å². The molecule has 0 radical (unpaired) electrons. The second kappa shape index (κ2) is 7.32. The lowest BCUT2D eigenvalue weighted by Crippen LogP contribution is -2.39. The van der Waals surface area contributed by atoms with Crippen molar-refractivity contribution >= 4 is 11.8 Å². The highest BCUT2D eigenvalue weighted by Gasteiger charge is 2.23. The van der Waals surface area contributed by atoms with Crippen molar-refractivity contribution in [3.63, 3.8) is 0 Å². The summed E-state index contributed by atoms with van der Waals surface area (Å²) in [4.78, 5) is 2.42. The van der Waals surface area contributed by atoms with E-state index in [1.807, 2.05) is 11.8 Å². The molecule has 0 aromatic heterocycles. The van der Waals surface area contributed by atoms with Gasteiger partial charge in [0.2, 0.25) is 0 Å². The molecule has 0 bridgehead atoms. The maximum atomic E-state index is 6.07. The van der Waals surface area contributed by atoms with Gasteiger partial charge in [-0.3, -0.25) is 4.90 Å². The minimum absolute atomic E-state index is 0.308. The van der Waals surface area contributed by atoms with Gasteiger partial charge in [-0.2, -0.15) is 11.8 Å². The van der Waals surface area contributed by atoms with Crippen molar-refractivity contribution in [2.24, 2.45) is 5.73 Å². The van der Waals surface area contributed by atoms with E-state index < -0.39 is 0 Å². The van der Waals surface area contributed by atoms with Gasteiger partial charge in [-0.05, 0) is 57.7 Å². The van der Waals surface area contributed by atoms with E-state index in [0.29, 0.717) is 18.6 Å². The molecule has 0 spiro atoms. The number of hydrogen-bond acceptors (Lipinski definition) is 3. The molecule has 2 atom stereocenters. The Morgan fingerprint density at radius 2 is 1.74 bits per heavy atom. The fraction of sp³-hybridized carbons (Fsp3) is 0.625. The van der Waals surface area contributed by atoms with Crippen LogP contribution in [0.2, 0.25) is 0 Å². The van der Waals surface area contributed by atoms with Crippen LogP contribution in [0.4, 0.5) is 0 Å². The van der Waals surface area contributed by atoms with Crippen LogP contribution in [0, 0.1) is 20.8 Å². The molecule has 0 saturated carbocycles. The topological polar surface area (TPSA) is 29.3 Å². The van der Waals surface area contributed by atoms with E-state index in [0.717, 1.165) is 5.75 Å². The van der Waals surface area contributed by atoms with Gasteiger partial charge in [-0.1, -0.05) is 17.7 Å². The number of thioether (sulfide) groups is 1. The van der Waals surface area contributed by atoms with Crippen molar-refractivity contribution in [3.8, 4) is 0 Å². The molecule has 0 heterocycles. The maximum Gasteiger partial charge on any atom is 0.0475 e. The van der Waals surface area contributed by atoms with Crippen LogP contribution in [0.15, 0.2) is 12.1 Å². The van der Waals surface area contributed by atoms with E-state index >= 15 is 0 Å². The first kappa shape index (κ1) is 16.5. The summed E-state index contributed by atoms with van der Waals surface area (Å²) in [6.07, 6.45) is 2.16. The fourth-order valence-electron chi connectivity index (χ4n) is 2.87. The van der Waals surface area contributed by atoms with Gasteiger partial charge in [0, 0.05) is 24.4 Å². The summed E-state index contributed by atoms with van der Waals surface area (Å²) in [7, 11) is 2.19. The average molecular weight is 280 g/mol. The van der Waals surface area contributed by atoms with Crippen LogP contribution in [-0.4, -0.2) is 36.5 Å². The molecule has 0 aliphatic heterocycles. The molecule has 2 unspecified atom stereocenters. The van der Waals surface area contributed by atoms with Crippen molar-refractivity contribution in [2.75, 3.05) is 25.6 Å². The normalized spacial score (nSPS) is 14.7. The van der Waals surface area contributed by atoms with Gasteiger partial charge < -0.3 is 5.73 Å². The van der Waals surface area contributed by atoms with Gasteiger partial charge in [-0.25, -0.2) is 0 Å². The molecule has 3 heteroatoms. The standard InChI is InChI=1S/C16H28N2S/c1-11-7-12(2)16(13(3)8-11)15(9-17)18(5)14(4)10-19-6/h7-8,14-15H,9-10,17H2,1-6H3. The molecular formula is C16H28N2S. The van der Waals surface area contributed by atoms with Crippen molar-refractivity contribution < 1.29 is 0 Å². The largest absolute Gasteiger partial charge is 0.329 e. The summed E-state index contributed by atoms with van der Waals surface area (Å²) >= 11 is 1.89. The van der Waals surface area contributed by atoms with E-state index in [2.05, 4.69) is 58.0 Å². The molecule has 0 aliphatic carbocycles. The Morgan fingerprint density at radius 1 is 1.21 bits per heavy atom. The van der Waals surface area contributed by atoms with E-state index in [4.69, 9.17) is 5.73 Å². The molecule has 0 amide bonds. The first-order valence-electron chi connectivity index (χ1n) is 6.91. The van der Waals surface area contributed by atoms with Crippen LogP contribution in [-0.2, 0) is 0 Å². The van der Waals surface area contributed by atoms with Crippen LogP contribution in [0.3, 0.4) is 0 Å². The molecule has 1 rings (SSSR count). The smallest absolute Gasteiger partial charge is 0.0475 e. The minimum Gasteiger partial charge on any atom is -0.329 e. The zero-order valence-electron chi connectivity index (χ0n) is 13.2. The molecular weight excluding hydrogens is 252 g/mol. The first-order valence-corrected chi connectivity index (χ1v) is 8.30.